The molecule has 0 amide bonds. The molecule has 2 rings (SSSR count). The standard InChI is InChI=1S/C15H19BrFN3/c1-10(2)18-7-13-8-19-20(11(13)3)9-12-6-14(16)4-5-15(12)17/h4-6,8,10,18H,7,9H2,1-3H3. The maximum Gasteiger partial charge on any atom is 0.128 e. The van der Waals surface area contributed by atoms with Crippen molar-refractivity contribution in [2.24, 2.45) is 0 Å². The van der Waals surface area contributed by atoms with Crippen LogP contribution < -0.4 is 5.32 Å². The van der Waals surface area contributed by atoms with Crippen LogP contribution in [0.3, 0.4) is 0 Å². The first-order valence-electron chi connectivity index (χ1n) is 6.66. The monoisotopic (exact) mass is 339 g/mol. The molecule has 0 fully saturated rings. The van der Waals surface area contributed by atoms with Gasteiger partial charge in [-0.25, -0.2) is 4.39 Å². The Hall–Kier alpha value is -1.20. The van der Waals surface area contributed by atoms with Crippen molar-refractivity contribution in [3.8, 4) is 0 Å². The summed E-state index contributed by atoms with van der Waals surface area (Å²) in [5.41, 5.74) is 2.85. The molecule has 2 aromatic rings. The molecule has 3 nitrogen and oxygen atoms in total. The van der Waals surface area contributed by atoms with Crippen LogP contribution in [-0.2, 0) is 13.1 Å². The van der Waals surface area contributed by atoms with Crippen molar-refractivity contribution < 1.29 is 4.39 Å². The van der Waals surface area contributed by atoms with Crippen LogP contribution in [0.2, 0.25) is 0 Å². The fourth-order valence-corrected chi connectivity index (χ4v) is 2.37. The van der Waals surface area contributed by atoms with Crippen LogP contribution in [0.15, 0.2) is 28.9 Å². The van der Waals surface area contributed by atoms with Crippen LogP contribution in [0.25, 0.3) is 0 Å². The van der Waals surface area contributed by atoms with Crippen molar-refractivity contribution in [2.45, 2.75) is 39.9 Å². The first kappa shape index (κ1) is 15.2. The lowest BCUT2D eigenvalue weighted by Gasteiger charge is -2.09. The van der Waals surface area contributed by atoms with Gasteiger partial charge in [0, 0.05) is 33.9 Å². The van der Waals surface area contributed by atoms with Crippen molar-refractivity contribution in [2.75, 3.05) is 0 Å². The predicted molar refractivity (Wildman–Crippen MR) is 82.1 cm³/mol. The van der Waals surface area contributed by atoms with E-state index in [0.29, 0.717) is 18.2 Å². The molecule has 1 aromatic carbocycles. The number of nitrogens with zero attached hydrogens (tertiary/aromatic N) is 2. The highest BCUT2D eigenvalue weighted by molar-refractivity contribution is 9.10. The summed E-state index contributed by atoms with van der Waals surface area (Å²) in [5, 5.41) is 7.72. The summed E-state index contributed by atoms with van der Waals surface area (Å²) in [6, 6.07) is 5.40. The zero-order valence-corrected chi connectivity index (χ0v) is 13.5. The maximum atomic E-state index is 13.8. The quantitative estimate of drug-likeness (QED) is 0.901. The zero-order chi connectivity index (χ0) is 14.7. The van der Waals surface area contributed by atoms with Crippen LogP contribution in [0.1, 0.15) is 30.7 Å². The summed E-state index contributed by atoms with van der Waals surface area (Å²) < 4.78 is 16.5. The van der Waals surface area contributed by atoms with E-state index < -0.39 is 0 Å². The highest BCUT2D eigenvalue weighted by atomic mass is 79.9. The molecule has 0 spiro atoms. The number of aromatic nitrogens is 2. The van der Waals surface area contributed by atoms with Crippen molar-refractivity contribution in [3.05, 3.63) is 51.5 Å². The third-order valence-corrected chi connectivity index (χ3v) is 3.73. The van der Waals surface area contributed by atoms with Crippen LogP contribution in [0.5, 0.6) is 0 Å². The van der Waals surface area contributed by atoms with E-state index in [9.17, 15) is 4.39 Å². The Labute approximate surface area is 127 Å². The molecule has 0 unspecified atom stereocenters. The third-order valence-electron chi connectivity index (χ3n) is 3.23. The third kappa shape index (κ3) is 3.67. The molecule has 5 heteroatoms. The Morgan fingerprint density at radius 3 is 2.80 bits per heavy atom. The SMILES string of the molecule is Cc1c(CNC(C)C)cnn1Cc1cc(Br)ccc1F. The van der Waals surface area contributed by atoms with Gasteiger partial charge in [-0.1, -0.05) is 29.8 Å². The minimum absolute atomic E-state index is 0.204. The molecule has 0 aliphatic heterocycles. The minimum atomic E-state index is -0.204. The van der Waals surface area contributed by atoms with Crippen molar-refractivity contribution >= 4 is 15.9 Å². The van der Waals surface area contributed by atoms with Crippen molar-refractivity contribution in [1.29, 1.82) is 0 Å². The molecule has 0 aliphatic carbocycles. The molecular formula is C15H19BrFN3. The number of nitrogens with one attached hydrogen (secondary N) is 1. The first-order chi connectivity index (χ1) is 9.47. The lowest BCUT2D eigenvalue weighted by atomic mass is 10.2. The van der Waals surface area contributed by atoms with Gasteiger partial charge in [0.1, 0.15) is 5.82 Å². The minimum Gasteiger partial charge on any atom is -0.310 e. The van der Waals surface area contributed by atoms with E-state index >= 15 is 0 Å². The number of benzene rings is 1. The van der Waals surface area contributed by atoms with Crippen LogP contribution in [0.4, 0.5) is 4.39 Å². The molecule has 108 valence electrons. The Kier molecular flexibility index (Phi) is 4.94. The van der Waals surface area contributed by atoms with Crippen molar-refractivity contribution in [1.82, 2.24) is 15.1 Å². The molecule has 0 aliphatic rings. The topological polar surface area (TPSA) is 29.9 Å². The second-order valence-corrected chi connectivity index (χ2v) is 6.10. The second-order valence-electron chi connectivity index (χ2n) is 5.18. The van der Waals surface area contributed by atoms with Gasteiger partial charge in [-0.15, -0.1) is 0 Å². The van der Waals surface area contributed by atoms with Gasteiger partial charge in [0.05, 0.1) is 12.7 Å². The fraction of sp³-hybridized carbons (Fsp3) is 0.400. The molecule has 0 atom stereocenters. The van der Waals surface area contributed by atoms with Crippen LogP contribution >= 0.6 is 15.9 Å². The Morgan fingerprint density at radius 2 is 2.10 bits per heavy atom. The number of halogens is 2. The van der Waals surface area contributed by atoms with Crippen molar-refractivity contribution in [3.63, 3.8) is 0 Å². The van der Waals surface area contributed by atoms with E-state index in [0.717, 1.165) is 22.3 Å². The zero-order valence-electron chi connectivity index (χ0n) is 12.0. The van der Waals surface area contributed by atoms with Gasteiger partial charge in [-0.2, -0.15) is 5.10 Å². The van der Waals surface area contributed by atoms with Gasteiger partial charge >= 0.3 is 0 Å². The Morgan fingerprint density at radius 1 is 1.35 bits per heavy atom. The molecule has 0 saturated heterocycles. The van der Waals surface area contributed by atoms with Gasteiger partial charge in [0.2, 0.25) is 0 Å². The predicted octanol–water partition coefficient (Wildman–Crippen LogP) is 3.64. The highest BCUT2D eigenvalue weighted by Crippen LogP contribution is 2.18. The van der Waals surface area contributed by atoms with E-state index in [1.165, 1.54) is 6.07 Å². The summed E-state index contributed by atoms with van der Waals surface area (Å²) in [5.74, 6) is -0.204. The smallest absolute Gasteiger partial charge is 0.128 e. The number of hydrogen-bond donors (Lipinski definition) is 1. The van der Waals surface area contributed by atoms with Gasteiger partial charge < -0.3 is 5.32 Å². The summed E-state index contributed by atoms with van der Waals surface area (Å²) in [7, 11) is 0. The van der Waals surface area contributed by atoms with Gasteiger partial charge in [0.25, 0.3) is 0 Å². The van der Waals surface area contributed by atoms with E-state index in [-0.39, 0.29) is 5.82 Å². The molecule has 0 bridgehead atoms. The van der Waals surface area contributed by atoms with E-state index in [1.807, 2.05) is 17.8 Å². The Balaban J connectivity index is 2.16. The maximum absolute atomic E-state index is 13.8. The lowest BCUT2D eigenvalue weighted by molar-refractivity contribution is 0.574. The van der Waals surface area contributed by atoms with Gasteiger partial charge in [-0.3, -0.25) is 4.68 Å². The average molecular weight is 340 g/mol. The molecular weight excluding hydrogens is 321 g/mol. The molecule has 1 heterocycles. The molecule has 1 N–H and O–H groups in total. The summed E-state index contributed by atoms with van der Waals surface area (Å²) in [6.07, 6.45) is 1.85. The Bertz CT molecular complexity index is 593. The number of rotatable bonds is 5. The lowest BCUT2D eigenvalue weighted by Crippen LogP contribution is -2.22. The van der Waals surface area contributed by atoms with E-state index in [2.05, 4.69) is 40.2 Å². The number of hydrogen-bond acceptors (Lipinski definition) is 2. The molecule has 0 saturated carbocycles. The average Bonchev–Trinajstić information content (AvgIpc) is 2.73. The molecule has 20 heavy (non-hydrogen) atoms. The fourth-order valence-electron chi connectivity index (χ4n) is 1.96. The highest BCUT2D eigenvalue weighted by Gasteiger charge is 2.10. The van der Waals surface area contributed by atoms with E-state index in [4.69, 9.17) is 0 Å². The summed E-state index contributed by atoms with van der Waals surface area (Å²) >= 11 is 3.37. The van der Waals surface area contributed by atoms with Crippen LogP contribution in [-0.4, -0.2) is 15.8 Å². The normalized spacial score (nSPS) is 11.3. The summed E-state index contributed by atoms with van der Waals surface area (Å²) in [4.78, 5) is 0. The van der Waals surface area contributed by atoms with Gasteiger partial charge in [0.15, 0.2) is 0 Å². The van der Waals surface area contributed by atoms with Crippen LogP contribution in [0, 0.1) is 12.7 Å². The van der Waals surface area contributed by atoms with Gasteiger partial charge in [-0.05, 0) is 25.1 Å². The molecule has 1 aromatic heterocycles. The van der Waals surface area contributed by atoms with E-state index in [1.54, 1.807) is 12.1 Å². The first-order valence-corrected chi connectivity index (χ1v) is 7.45. The molecule has 0 radical (unpaired) electrons. The largest absolute Gasteiger partial charge is 0.310 e. The summed E-state index contributed by atoms with van der Waals surface area (Å²) in [6.45, 7) is 7.46. The second kappa shape index (κ2) is 6.50.